The lowest BCUT2D eigenvalue weighted by Gasteiger charge is -2.22. The van der Waals surface area contributed by atoms with Gasteiger partial charge in [0.1, 0.15) is 10.7 Å². The van der Waals surface area contributed by atoms with Gasteiger partial charge in [0.2, 0.25) is 0 Å². The fraction of sp³-hybridized carbons (Fsp3) is 0.294. The summed E-state index contributed by atoms with van der Waals surface area (Å²) in [5.74, 6) is 0.357. The van der Waals surface area contributed by atoms with Crippen LogP contribution in [-0.4, -0.2) is 11.5 Å². The van der Waals surface area contributed by atoms with Crippen LogP contribution < -0.4 is 4.90 Å². The summed E-state index contributed by atoms with van der Waals surface area (Å²) in [4.78, 5) is 12.3. The highest BCUT2D eigenvalue weighted by molar-refractivity contribution is 5.48. The van der Waals surface area contributed by atoms with Gasteiger partial charge in [0, 0.05) is 12.2 Å². The van der Waals surface area contributed by atoms with Gasteiger partial charge in [-0.25, -0.2) is 0 Å². The molecule has 22 heavy (non-hydrogen) atoms. The van der Waals surface area contributed by atoms with Crippen LogP contribution in [0.5, 0.6) is 0 Å². The third-order valence-corrected chi connectivity index (χ3v) is 3.29. The zero-order valence-corrected chi connectivity index (χ0v) is 13.1. The summed E-state index contributed by atoms with van der Waals surface area (Å²) in [6.07, 6.45) is 2.12. The molecule has 0 amide bonds. The molecule has 0 atom stereocenters. The van der Waals surface area contributed by atoms with Gasteiger partial charge in [-0.05, 0) is 39.0 Å². The number of hydrogen-bond acceptors (Lipinski definition) is 4. The standard InChI is InChI=1S/C17H20N2O3/c1-13(2)10-11-18(15-6-4-14(3)5-7-15)12-16-8-9-17(22-16)19(20)21/h4-10H,11-12H2,1-3H3. The third-order valence-electron chi connectivity index (χ3n) is 3.29. The highest BCUT2D eigenvalue weighted by Gasteiger charge is 2.14. The number of nitrogens with zero attached hydrogens (tertiary/aromatic N) is 2. The fourth-order valence-corrected chi connectivity index (χ4v) is 2.05. The van der Waals surface area contributed by atoms with Crippen molar-refractivity contribution >= 4 is 11.6 Å². The lowest BCUT2D eigenvalue weighted by atomic mass is 10.2. The largest absolute Gasteiger partial charge is 0.433 e. The maximum atomic E-state index is 10.7. The van der Waals surface area contributed by atoms with Gasteiger partial charge in [-0.3, -0.25) is 10.1 Å². The van der Waals surface area contributed by atoms with E-state index in [2.05, 4.69) is 23.1 Å². The van der Waals surface area contributed by atoms with Crippen molar-refractivity contribution in [3.8, 4) is 0 Å². The number of hydrogen-bond donors (Lipinski definition) is 0. The Morgan fingerprint density at radius 3 is 2.45 bits per heavy atom. The van der Waals surface area contributed by atoms with E-state index in [-0.39, 0.29) is 5.88 Å². The molecule has 1 aromatic heterocycles. The number of aryl methyl sites for hydroxylation is 1. The topological polar surface area (TPSA) is 59.5 Å². The van der Waals surface area contributed by atoms with Crippen LogP contribution in [0.15, 0.2) is 52.5 Å². The van der Waals surface area contributed by atoms with Gasteiger partial charge in [0.25, 0.3) is 0 Å². The molecule has 5 nitrogen and oxygen atoms in total. The van der Waals surface area contributed by atoms with Crippen molar-refractivity contribution in [2.45, 2.75) is 27.3 Å². The van der Waals surface area contributed by atoms with Crippen molar-refractivity contribution in [3.05, 3.63) is 69.5 Å². The Morgan fingerprint density at radius 1 is 1.23 bits per heavy atom. The number of allylic oxidation sites excluding steroid dienone is 1. The normalized spacial score (nSPS) is 10.3. The number of furan rings is 1. The maximum absolute atomic E-state index is 10.7. The highest BCUT2D eigenvalue weighted by atomic mass is 16.6. The van der Waals surface area contributed by atoms with Crippen molar-refractivity contribution < 1.29 is 9.34 Å². The van der Waals surface area contributed by atoms with Crippen LogP contribution in [-0.2, 0) is 6.54 Å². The average Bonchev–Trinajstić information content (AvgIpc) is 2.93. The quantitative estimate of drug-likeness (QED) is 0.448. The molecule has 0 spiro atoms. The molecule has 0 N–H and O–H groups in total. The predicted molar refractivity (Wildman–Crippen MR) is 87.0 cm³/mol. The van der Waals surface area contributed by atoms with Crippen molar-refractivity contribution in [1.82, 2.24) is 0 Å². The molecule has 0 radical (unpaired) electrons. The molecule has 0 unspecified atom stereocenters. The molecular weight excluding hydrogens is 280 g/mol. The highest BCUT2D eigenvalue weighted by Crippen LogP contribution is 2.22. The average molecular weight is 300 g/mol. The first-order valence-corrected chi connectivity index (χ1v) is 7.14. The van der Waals surface area contributed by atoms with Crippen LogP contribution in [0.1, 0.15) is 25.2 Å². The molecule has 2 rings (SSSR count). The summed E-state index contributed by atoms with van der Waals surface area (Å²) in [6.45, 7) is 7.34. The Balaban J connectivity index is 2.21. The Hall–Kier alpha value is -2.56. The van der Waals surface area contributed by atoms with Gasteiger partial charge in [-0.15, -0.1) is 0 Å². The lowest BCUT2D eigenvalue weighted by molar-refractivity contribution is -0.402. The van der Waals surface area contributed by atoms with Crippen molar-refractivity contribution in [3.63, 3.8) is 0 Å². The smallest absolute Gasteiger partial charge is 0.404 e. The Labute approximate surface area is 130 Å². The summed E-state index contributed by atoms with van der Waals surface area (Å²) in [7, 11) is 0. The summed E-state index contributed by atoms with van der Waals surface area (Å²) in [5.41, 5.74) is 3.48. The van der Waals surface area contributed by atoms with Crippen LogP contribution in [0.4, 0.5) is 11.6 Å². The van der Waals surface area contributed by atoms with Gasteiger partial charge < -0.3 is 9.32 Å². The van der Waals surface area contributed by atoms with Gasteiger partial charge in [0.05, 0.1) is 12.6 Å². The molecular formula is C17H20N2O3. The first-order chi connectivity index (χ1) is 10.5. The molecule has 0 aliphatic rings. The molecule has 1 aromatic carbocycles. The Bertz CT molecular complexity index is 667. The minimum absolute atomic E-state index is 0.221. The summed E-state index contributed by atoms with van der Waals surface area (Å²) < 4.78 is 5.27. The van der Waals surface area contributed by atoms with Crippen molar-refractivity contribution in [2.24, 2.45) is 0 Å². The number of nitro groups is 1. The summed E-state index contributed by atoms with van der Waals surface area (Å²) in [5, 5.41) is 10.7. The zero-order valence-electron chi connectivity index (χ0n) is 13.1. The fourth-order valence-electron chi connectivity index (χ4n) is 2.05. The Kier molecular flexibility index (Phi) is 4.99. The molecule has 1 heterocycles. The van der Waals surface area contributed by atoms with E-state index in [1.807, 2.05) is 32.9 Å². The second-order valence-electron chi connectivity index (χ2n) is 5.49. The second kappa shape index (κ2) is 6.93. The third kappa shape index (κ3) is 4.22. The SMILES string of the molecule is CC(C)=CCN(Cc1ccc([N+](=O)[O-])o1)c1ccc(C)cc1. The van der Waals surface area contributed by atoms with E-state index >= 15 is 0 Å². The van der Waals surface area contributed by atoms with E-state index in [1.165, 1.54) is 17.2 Å². The molecule has 0 saturated carbocycles. The number of anilines is 1. The van der Waals surface area contributed by atoms with E-state index in [9.17, 15) is 10.1 Å². The molecule has 0 fully saturated rings. The van der Waals surface area contributed by atoms with E-state index in [1.54, 1.807) is 6.07 Å². The minimum atomic E-state index is -0.518. The van der Waals surface area contributed by atoms with Crippen molar-refractivity contribution in [1.29, 1.82) is 0 Å². The number of benzene rings is 1. The first-order valence-electron chi connectivity index (χ1n) is 7.14. The van der Waals surface area contributed by atoms with Crippen LogP contribution in [0.3, 0.4) is 0 Å². The summed E-state index contributed by atoms with van der Waals surface area (Å²) >= 11 is 0. The van der Waals surface area contributed by atoms with Crippen LogP contribution >= 0.6 is 0 Å². The predicted octanol–water partition coefficient (Wildman–Crippen LogP) is 4.47. The Morgan fingerprint density at radius 2 is 1.91 bits per heavy atom. The second-order valence-corrected chi connectivity index (χ2v) is 5.49. The van der Waals surface area contributed by atoms with Gasteiger partial charge in [-0.2, -0.15) is 0 Å². The van der Waals surface area contributed by atoms with E-state index < -0.39 is 4.92 Å². The van der Waals surface area contributed by atoms with E-state index in [4.69, 9.17) is 4.42 Å². The van der Waals surface area contributed by atoms with Gasteiger partial charge >= 0.3 is 5.88 Å². The lowest BCUT2D eigenvalue weighted by Crippen LogP contribution is -2.22. The monoisotopic (exact) mass is 300 g/mol. The summed E-state index contributed by atoms with van der Waals surface area (Å²) in [6, 6.07) is 11.2. The van der Waals surface area contributed by atoms with Crippen LogP contribution in [0.2, 0.25) is 0 Å². The van der Waals surface area contributed by atoms with Crippen LogP contribution in [0.25, 0.3) is 0 Å². The van der Waals surface area contributed by atoms with E-state index in [0.717, 1.165) is 12.2 Å². The minimum Gasteiger partial charge on any atom is -0.404 e. The molecule has 0 aliphatic heterocycles. The van der Waals surface area contributed by atoms with E-state index in [0.29, 0.717) is 12.3 Å². The molecule has 116 valence electrons. The zero-order chi connectivity index (χ0) is 16.1. The molecule has 2 aromatic rings. The van der Waals surface area contributed by atoms with Crippen LogP contribution in [0, 0.1) is 17.0 Å². The molecule has 0 saturated heterocycles. The number of rotatable bonds is 6. The first kappa shape index (κ1) is 15.8. The molecule has 0 bridgehead atoms. The maximum Gasteiger partial charge on any atom is 0.433 e. The van der Waals surface area contributed by atoms with Gasteiger partial charge in [-0.1, -0.05) is 29.3 Å². The molecule has 5 heteroatoms. The molecule has 0 aliphatic carbocycles. The van der Waals surface area contributed by atoms with Crippen molar-refractivity contribution in [2.75, 3.05) is 11.4 Å². The van der Waals surface area contributed by atoms with Gasteiger partial charge in [0.15, 0.2) is 0 Å².